The summed E-state index contributed by atoms with van der Waals surface area (Å²) in [7, 11) is 1.54. The predicted molar refractivity (Wildman–Crippen MR) is 83.5 cm³/mol. The molecule has 0 saturated carbocycles. The number of aromatic hydroxyl groups is 1. The lowest BCUT2D eigenvalue weighted by Crippen LogP contribution is -2.11. The molecule has 6 nitrogen and oxygen atoms in total. The molecule has 2 rings (SSSR count). The molecule has 0 fully saturated rings. The number of ketones is 1. The highest BCUT2D eigenvalue weighted by molar-refractivity contribution is 6.38. The van der Waals surface area contributed by atoms with Crippen LogP contribution in [0.2, 0.25) is 5.02 Å². The summed E-state index contributed by atoms with van der Waals surface area (Å²) in [5.41, 5.74) is 1.83. The first-order valence-corrected chi connectivity index (χ1v) is 6.95. The molecular weight excluding hydrogens is 306 g/mol. The molecular formula is C15H16ClN3O3. The molecule has 22 heavy (non-hydrogen) atoms. The van der Waals surface area contributed by atoms with Gasteiger partial charge in [-0.1, -0.05) is 17.7 Å². The van der Waals surface area contributed by atoms with Gasteiger partial charge >= 0.3 is 0 Å². The van der Waals surface area contributed by atoms with Crippen molar-refractivity contribution in [3.05, 3.63) is 39.5 Å². The molecule has 1 heterocycles. The van der Waals surface area contributed by atoms with Gasteiger partial charge in [-0.05, 0) is 25.5 Å². The fraction of sp³-hybridized carbons (Fsp3) is 0.267. The van der Waals surface area contributed by atoms with Gasteiger partial charge in [0, 0.05) is 19.5 Å². The van der Waals surface area contributed by atoms with E-state index in [9.17, 15) is 14.7 Å². The Morgan fingerprint density at radius 2 is 1.95 bits per heavy atom. The molecule has 0 atom stereocenters. The average Bonchev–Trinajstić information content (AvgIpc) is 2.67. The molecule has 0 radical (unpaired) electrons. The number of carbonyl (C=O) groups is 2. The van der Waals surface area contributed by atoms with Crippen molar-refractivity contribution in [3.8, 4) is 5.88 Å². The quantitative estimate of drug-likeness (QED) is 0.851. The van der Waals surface area contributed by atoms with Crippen molar-refractivity contribution in [1.82, 2.24) is 9.78 Å². The molecule has 0 aliphatic carbocycles. The van der Waals surface area contributed by atoms with Crippen LogP contribution in [0.3, 0.4) is 0 Å². The summed E-state index contributed by atoms with van der Waals surface area (Å²) in [6, 6.07) is 3.25. The fourth-order valence-corrected chi connectivity index (χ4v) is 2.57. The largest absolute Gasteiger partial charge is 0.493 e. The highest BCUT2D eigenvalue weighted by atomic mass is 35.5. The maximum atomic E-state index is 12.7. The molecule has 2 aromatic rings. The lowest BCUT2D eigenvalue weighted by Gasteiger charge is -2.12. The number of carbonyl (C=O) groups excluding carboxylic acids is 2. The number of aryl methyl sites for hydroxylation is 3. The Bertz CT molecular complexity index is 781. The summed E-state index contributed by atoms with van der Waals surface area (Å²) in [5, 5.41) is 16.7. The van der Waals surface area contributed by atoms with Crippen LogP contribution >= 0.6 is 11.6 Å². The van der Waals surface area contributed by atoms with Crippen LogP contribution in [0.15, 0.2) is 12.1 Å². The molecule has 0 bridgehead atoms. The van der Waals surface area contributed by atoms with Crippen molar-refractivity contribution in [2.75, 3.05) is 5.32 Å². The smallest absolute Gasteiger partial charge is 0.221 e. The second-order valence-electron chi connectivity index (χ2n) is 5.04. The minimum atomic E-state index is -0.445. The normalized spacial score (nSPS) is 10.6. The van der Waals surface area contributed by atoms with Crippen LogP contribution in [0.4, 0.5) is 5.69 Å². The lowest BCUT2D eigenvalue weighted by molar-refractivity contribution is -0.114. The molecule has 1 amide bonds. The van der Waals surface area contributed by atoms with Gasteiger partial charge in [-0.25, -0.2) is 4.68 Å². The molecule has 7 heteroatoms. The number of hydrogen-bond donors (Lipinski definition) is 2. The Morgan fingerprint density at radius 3 is 2.45 bits per heavy atom. The summed E-state index contributed by atoms with van der Waals surface area (Å²) in [6.45, 7) is 4.77. The van der Waals surface area contributed by atoms with E-state index >= 15 is 0 Å². The summed E-state index contributed by atoms with van der Waals surface area (Å²) in [6.07, 6.45) is 0. The zero-order chi connectivity index (χ0) is 16.6. The Hall–Kier alpha value is -2.34. The van der Waals surface area contributed by atoms with Crippen LogP contribution in [0.1, 0.15) is 34.1 Å². The first-order chi connectivity index (χ1) is 10.2. The number of nitrogens with one attached hydrogen (secondary N) is 1. The number of amides is 1. The van der Waals surface area contributed by atoms with Crippen LogP contribution in [0, 0.1) is 13.8 Å². The van der Waals surface area contributed by atoms with Crippen LogP contribution in [-0.4, -0.2) is 26.6 Å². The average molecular weight is 322 g/mol. The lowest BCUT2D eigenvalue weighted by atomic mass is 10.0. The number of benzene rings is 1. The monoisotopic (exact) mass is 321 g/mol. The third kappa shape index (κ3) is 2.69. The van der Waals surface area contributed by atoms with Crippen LogP contribution in [-0.2, 0) is 11.8 Å². The van der Waals surface area contributed by atoms with E-state index in [1.807, 2.05) is 0 Å². The SMILES string of the molecule is CC(=O)Nc1c(C)ccc(C(=O)c2c(C)nn(C)c2O)c1Cl. The van der Waals surface area contributed by atoms with Crippen LogP contribution in [0.25, 0.3) is 0 Å². The molecule has 0 unspecified atom stereocenters. The van der Waals surface area contributed by atoms with E-state index in [0.717, 1.165) is 5.56 Å². The van der Waals surface area contributed by atoms with E-state index in [2.05, 4.69) is 10.4 Å². The second kappa shape index (κ2) is 5.81. The number of halogens is 1. The van der Waals surface area contributed by atoms with Gasteiger partial charge in [0.1, 0.15) is 5.56 Å². The van der Waals surface area contributed by atoms with Crippen LogP contribution in [0.5, 0.6) is 5.88 Å². The van der Waals surface area contributed by atoms with Crippen molar-refractivity contribution >= 4 is 29.0 Å². The minimum Gasteiger partial charge on any atom is -0.493 e. The Labute approximate surface area is 132 Å². The predicted octanol–water partition coefficient (Wildman–Crippen LogP) is 2.59. The minimum absolute atomic E-state index is 0.0991. The third-order valence-electron chi connectivity index (χ3n) is 3.31. The molecule has 2 N–H and O–H groups in total. The highest BCUT2D eigenvalue weighted by Crippen LogP contribution is 2.33. The van der Waals surface area contributed by atoms with Gasteiger partial charge in [0.2, 0.25) is 17.6 Å². The summed E-state index contributed by atoms with van der Waals surface area (Å²) >= 11 is 6.27. The standard InChI is InChI=1S/C15H16ClN3O3/c1-7-5-6-10(12(16)13(7)17-9(3)20)14(21)11-8(2)18-19(4)15(11)22/h5-6,22H,1-4H3,(H,17,20). The second-order valence-corrected chi connectivity index (χ2v) is 5.41. The fourth-order valence-electron chi connectivity index (χ4n) is 2.22. The molecule has 1 aromatic heterocycles. The Kier molecular flexibility index (Phi) is 4.23. The Morgan fingerprint density at radius 1 is 1.32 bits per heavy atom. The van der Waals surface area contributed by atoms with Crippen molar-refractivity contribution in [2.24, 2.45) is 7.05 Å². The van der Waals surface area contributed by atoms with E-state index in [1.54, 1.807) is 33.0 Å². The molecule has 0 aliphatic heterocycles. The summed E-state index contributed by atoms with van der Waals surface area (Å²) in [4.78, 5) is 23.9. The van der Waals surface area contributed by atoms with Gasteiger partial charge in [-0.3, -0.25) is 9.59 Å². The third-order valence-corrected chi connectivity index (χ3v) is 3.71. The van der Waals surface area contributed by atoms with Gasteiger partial charge in [0.05, 0.1) is 16.4 Å². The number of rotatable bonds is 3. The number of aromatic nitrogens is 2. The van der Waals surface area contributed by atoms with E-state index in [-0.39, 0.29) is 27.9 Å². The van der Waals surface area contributed by atoms with E-state index in [0.29, 0.717) is 11.4 Å². The zero-order valence-electron chi connectivity index (χ0n) is 12.7. The van der Waals surface area contributed by atoms with Gasteiger partial charge in [0.15, 0.2) is 0 Å². The summed E-state index contributed by atoms with van der Waals surface area (Å²) < 4.78 is 1.22. The molecule has 0 aliphatic rings. The van der Waals surface area contributed by atoms with Gasteiger partial charge in [-0.15, -0.1) is 0 Å². The maximum Gasteiger partial charge on any atom is 0.221 e. The molecule has 0 spiro atoms. The number of anilines is 1. The van der Waals surface area contributed by atoms with Crippen molar-refractivity contribution < 1.29 is 14.7 Å². The highest BCUT2D eigenvalue weighted by Gasteiger charge is 2.24. The topological polar surface area (TPSA) is 84.2 Å². The molecule has 1 aromatic carbocycles. The van der Waals surface area contributed by atoms with Crippen molar-refractivity contribution in [3.63, 3.8) is 0 Å². The van der Waals surface area contributed by atoms with E-state index < -0.39 is 5.78 Å². The van der Waals surface area contributed by atoms with Gasteiger partial charge in [-0.2, -0.15) is 5.10 Å². The van der Waals surface area contributed by atoms with E-state index in [4.69, 9.17) is 11.6 Å². The molecule has 116 valence electrons. The number of nitrogens with zero attached hydrogens (tertiary/aromatic N) is 2. The maximum absolute atomic E-state index is 12.7. The van der Waals surface area contributed by atoms with Crippen molar-refractivity contribution in [2.45, 2.75) is 20.8 Å². The van der Waals surface area contributed by atoms with Crippen molar-refractivity contribution in [1.29, 1.82) is 0 Å². The first kappa shape index (κ1) is 16.0. The summed E-state index contributed by atoms with van der Waals surface area (Å²) in [5.74, 6) is -0.949. The van der Waals surface area contributed by atoms with Gasteiger partial charge in [0.25, 0.3) is 0 Å². The first-order valence-electron chi connectivity index (χ1n) is 6.58. The van der Waals surface area contributed by atoms with Crippen LogP contribution < -0.4 is 5.32 Å². The Balaban J connectivity index is 2.58. The van der Waals surface area contributed by atoms with E-state index in [1.165, 1.54) is 11.6 Å². The number of hydrogen-bond acceptors (Lipinski definition) is 4. The molecule has 0 saturated heterocycles. The zero-order valence-corrected chi connectivity index (χ0v) is 13.4. The van der Waals surface area contributed by atoms with Gasteiger partial charge < -0.3 is 10.4 Å².